The second-order valence-electron chi connectivity index (χ2n) is 9.62. The number of cyclic esters (lactones) is 1. The number of aliphatic hydroxyl groups excluding tert-OH is 1. The number of esters is 1. The molecule has 0 saturated carbocycles. The van der Waals surface area contributed by atoms with Crippen molar-refractivity contribution in [3.05, 3.63) is 36.0 Å². The number of imide groups is 1. The van der Waals surface area contributed by atoms with E-state index in [4.69, 9.17) is 9.47 Å². The van der Waals surface area contributed by atoms with Crippen molar-refractivity contribution in [3.8, 4) is 0 Å². The van der Waals surface area contributed by atoms with E-state index in [1.165, 1.54) is 13.2 Å². The molecule has 0 radical (unpaired) electrons. The lowest BCUT2D eigenvalue weighted by Gasteiger charge is -2.31. The molecule has 0 bridgehead atoms. The predicted molar refractivity (Wildman–Crippen MR) is 131 cm³/mol. The maximum Gasteiger partial charge on any atom is 0.331 e. The van der Waals surface area contributed by atoms with Gasteiger partial charge in [-0.15, -0.1) is 0 Å². The first kappa shape index (κ1) is 28.7. The fourth-order valence-corrected chi connectivity index (χ4v) is 4.62. The van der Waals surface area contributed by atoms with Gasteiger partial charge >= 0.3 is 5.97 Å². The van der Waals surface area contributed by atoms with Crippen molar-refractivity contribution in [2.24, 2.45) is 17.8 Å². The van der Waals surface area contributed by atoms with Crippen LogP contribution in [0.3, 0.4) is 0 Å². The normalized spacial score (nSPS) is 29.9. The number of carbonyl (C=O) groups excluding carboxylic acids is 4. The molecule has 8 heteroatoms. The van der Waals surface area contributed by atoms with E-state index >= 15 is 0 Å². The third kappa shape index (κ3) is 9.18. The van der Waals surface area contributed by atoms with Crippen LogP contribution in [0.1, 0.15) is 65.7 Å². The minimum absolute atomic E-state index is 0.0227. The van der Waals surface area contributed by atoms with Gasteiger partial charge in [0.2, 0.25) is 11.8 Å². The number of methoxy groups -OCH3 is 1. The summed E-state index contributed by atoms with van der Waals surface area (Å²) in [6, 6.07) is 0. The Bertz CT molecular complexity index is 844. The Morgan fingerprint density at radius 3 is 2.54 bits per heavy atom. The number of rotatable bonds is 8. The summed E-state index contributed by atoms with van der Waals surface area (Å²) in [6.07, 6.45) is 10.1. The second-order valence-corrected chi connectivity index (χ2v) is 9.62. The van der Waals surface area contributed by atoms with E-state index in [0.717, 1.165) is 6.42 Å². The molecule has 5 atom stereocenters. The molecule has 8 nitrogen and oxygen atoms in total. The van der Waals surface area contributed by atoms with Crippen LogP contribution in [0, 0.1) is 17.8 Å². The summed E-state index contributed by atoms with van der Waals surface area (Å²) < 4.78 is 11.2. The molecule has 2 rings (SSSR count). The number of Topliss-reactive ketones (excluding diaryl/α,β-unsaturated/α-hetero) is 1. The molecule has 1 saturated heterocycles. The van der Waals surface area contributed by atoms with Crippen molar-refractivity contribution >= 4 is 23.6 Å². The lowest BCUT2D eigenvalue weighted by Crippen LogP contribution is -2.41. The third-order valence-corrected chi connectivity index (χ3v) is 6.68. The average Bonchev–Trinajstić information content (AvgIpc) is 2.79. The van der Waals surface area contributed by atoms with Gasteiger partial charge in [-0.25, -0.2) is 4.79 Å². The zero-order chi connectivity index (χ0) is 26.0. The summed E-state index contributed by atoms with van der Waals surface area (Å²) in [5.74, 6) is -1.89. The molecule has 0 aliphatic carbocycles. The number of allylic oxidation sites excluding steroid dienone is 3. The van der Waals surface area contributed by atoms with Crippen LogP contribution in [0.5, 0.6) is 0 Å². The summed E-state index contributed by atoms with van der Waals surface area (Å²) in [6.45, 7) is 5.39. The molecule has 2 heterocycles. The van der Waals surface area contributed by atoms with E-state index in [0.29, 0.717) is 44.1 Å². The van der Waals surface area contributed by atoms with Crippen LogP contribution in [0.25, 0.3) is 0 Å². The van der Waals surface area contributed by atoms with Gasteiger partial charge in [0.1, 0.15) is 18.0 Å². The van der Waals surface area contributed by atoms with E-state index in [9.17, 15) is 24.3 Å². The molecular formula is C27H39NO7. The van der Waals surface area contributed by atoms with E-state index < -0.39 is 36.1 Å². The largest absolute Gasteiger partial charge is 0.454 e. The van der Waals surface area contributed by atoms with E-state index in [-0.39, 0.29) is 23.5 Å². The van der Waals surface area contributed by atoms with Gasteiger partial charge < -0.3 is 14.6 Å². The first-order chi connectivity index (χ1) is 16.6. The maximum absolute atomic E-state index is 12.8. The summed E-state index contributed by atoms with van der Waals surface area (Å²) >= 11 is 0. The minimum Gasteiger partial charge on any atom is -0.454 e. The Hall–Kier alpha value is -2.58. The molecule has 2 aliphatic rings. The van der Waals surface area contributed by atoms with Gasteiger partial charge in [0, 0.05) is 44.3 Å². The van der Waals surface area contributed by atoms with Crippen LogP contribution in [-0.4, -0.2) is 54.1 Å². The van der Waals surface area contributed by atoms with Crippen molar-refractivity contribution in [2.75, 3.05) is 7.11 Å². The molecule has 2 aliphatic heterocycles. The number of aliphatic hydroxyl groups is 1. The van der Waals surface area contributed by atoms with E-state index in [1.54, 1.807) is 32.9 Å². The van der Waals surface area contributed by atoms with Crippen LogP contribution in [0.2, 0.25) is 0 Å². The highest BCUT2D eigenvalue weighted by Crippen LogP contribution is 2.26. The van der Waals surface area contributed by atoms with E-state index in [1.807, 2.05) is 12.2 Å². The number of nitrogens with one attached hydrogen (secondary N) is 1. The van der Waals surface area contributed by atoms with Gasteiger partial charge in [0.15, 0.2) is 0 Å². The number of amides is 2. The van der Waals surface area contributed by atoms with Crippen molar-refractivity contribution < 1.29 is 33.8 Å². The van der Waals surface area contributed by atoms with Gasteiger partial charge in [0.25, 0.3) is 0 Å². The molecule has 0 unspecified atom stereocenters. The second kappa shape index (κ2) is 14.1. The molecule has 2 amide bonds. The fourth-order valence-electron chi connectivity index (χ4n) is 4.62. The van der Waals surface area contributed by atoms with E-state index in [2.05, 4.69) is 5.32 Å². The quantitative estimate of drug-likeness (QED) is 0.305. The molecule has 0 aromatic heterocycles. The van der Waals surface area contributed by atoms with Gasteiger partial charge in [-0.3, -0.25) is 19.7 Å². The smallest absolute Gasteiger partial charge is 0.331 e. The Morgan fingerprint density at radius 2 is 1.89 bits per heavy atom. The lowest BCUT2D eigenvalue weighted by molar-refractivity contribution is -0.147. The molecular weight excluding hydrogens is 450 g/mol. The highest BCUT2D eigenvalue weighted by molar-refractivity contribution is 5.97. The highest BCUT2D eigenvalue weighted by Gasteiger charge is 2.33. The number of carbonyl (C=O) groups is 4. The van der Waals surface area contributed by atoms with Gasteiger partial charge in [-0.1, -0.05) is 38.2 Å². The van der Waals surface area contributed by atoms with Crippen molar-refractivity contribution in [1.82, 2.24) is 5.32 Å². The number of hydrogen-bond donors (Lipinski definition) is 2. The Kier molecular flexibility index (Phi) is 11.5. The first-order valence-corrected chi connectivity index (χ1v) is 12.4. The Balaban J connectivity index is 2.05. The predicted octanol–water partition coefficient (Wildman–Crippen LogP) is 3.19. The van der Waals surface area contributed by atoms with Crippen molar-refractivity contribution in [1.29, 1.82) is 0 Å². The molecule has 194 valence electrons. The van der Waals surface area contributed by atoms with Crippen LogP contribution in [-0.2, 0) is 28.7 Å². The average molecular weight is 490 g/mol. The monoisotopic (exact) mass is 489 g/mol. The SMILES string of the molecule is CO[C@H]1/C=C\CC/C=C\C(=O)O[C@@H](/C(C)=C/[C@H](C)C(=O)CCCC2CC(=O)NC(=O)C2)[C@@H](C)[C@@H]1O. The van der Waals surface area contributed by atoms with Crippen LogP contribution in [0.4, 0.5) is 0 Å². The zero-order valence-corrected chi connectivity index (χ0v) is 21.2. The molecule has 2 N–H and O–H groups in total. The summed E-state index contributed by atoms with van der Waals surface area (Å²) in [5.41, 5.74) is 0.685. The molecule has 35 heavy (non-hydrogen) atoms. The third-order valence-electron chi connectivity index (χ3n) is 6.68. The number of ether oxygens (including phenoxy) is 2. The number of hydrogen-bond acceptors (Lipinski definition) is 7. The zero-order valence-electron chi connectivity index (χ0n) is 21.2. The van der Waals surface area contributed by atoms with Gasteiger partial charge in [-0.2, -0.15) is 0 Å². The number of piperidine rings is 1. The molecule has 1 fully saturated rings. The van der Waals surface area contributed by atoms with Gasteiger partial charge in [-0.05, 0) is 44.1 Å². The number of ketones is 1. The standard InChI is InChI=1S/C27H39NO7/c1-17(21(29)11-9-10-20-15-23(30)28-24(31)16-20)14-18(2)27-19(3)26(33)22(34-4)12-7-5-6-8-13-25(32)35-27/h7-8,12-14,17,19-20,22,26-27,33H,5-6,9-11,15-16H2,1-4H3,(H,28,30,31)/b12-7-,13-8-,18-14+/t17-,19-,22-,26-,27-/m0/s1. The van der Waals surface area contributed by atoms with Gasteiger partial charge in [0.05, 0.1) is 6.10 Å². The van der Waals surface area contributed by atoms with Crippen LogP contribution >= 0.6 is 0 Å². The Morgan fingerprint density at radius 1 is 1.23 bits per heavy atom. The minimum atomic E-state index is -0.915. The van der Waals surface area contributed by atoms with Crippen LogP contribution < -0.4 is 5.32 Å². The lowest BCUT2D eigenvalue weighted by atomic mass is 9.87. The topological polar surface area (TPSA) is 119 Å². The summed E-state index contributed by atoms with van der Waals surface area (Å²) in [5, 5.41) is 13.2. The molecule has 0 spiro atoms. The molecule has 0 aromatic rings. The fraction of sp³-hybridized carbons (Fsp3) is 0.630. The summed E-state index contributed by atoms with van der Waals surface area (Å²) in [7, 11) is 1.52. The Labute approximate surface area is 207 Å². The summed E-state index contributed by atoms with van der Waals surface area (Å²) in [4.78, 5) is 48.2. The maximum atomic E-state index is 12.8. The highest BCUT2D eigenvalue weighted by atomic mass is 16.5. The van der Waals surface area contributed by atoms with Crippen LogP contribution in [0.15, 0.2) is 36.0 Å². The van der Waals surface area contributed by atoms with Crippen molar-refractivity contribution in [3.63, 3.8) is 0 Å². The van der Waals surface area contributed by atoms with Crippen molar-refractivity contribution in [2.45, 2.75) is 84.0 Å². The molecule has 0 aromatic carbocycles. The first-order valence-electron chi connectivity index (χ1n) is 12.4.